The van der Waals surface area contributed by atoms with Crippen LogP contribution in [0.3, 0.4) is 0 Å². The van der Waals surface area contributed by atoms with Crippen molar-refractivity contribution in [2.24, 2.45) is 5.10 Å². The van der Waals surface area contributed by atoms with Gasteiger partial charge in [0.05, 0.1) is 12.1 Å². The second kappa shape index (κ2) is 3.62. The standard InChI is InChI=1S/C10H7F3N2O/c11-10(12,13)8-6-9(16)15(14-8)7-4-2-1-3-5-7/h1-5H,6H2. The maximum absolute atomic E-state index is 12.3. The number of carbonyl (C=O) groups is 1. The Bertz CT molecular complexity index is 439. The minimum atomic E-state index is -4.54. The molecule has 0 aromatic heterocycles. The Hall–Kier alpha value is -1.85. The van der Waals surface area contributed by atoms with E-state index >= 15 is 0 Å². The molecule has 6 heteroatoms. The van der Waals surface area contributed by atoms with Crippen LogP contribution in [0.4, 0.5) is 18.9 Å². The number of carbonyl (C=O) groups excluding carboxylic acids is 1. The first-order valence-electron chi connectivity index (χ1n) is 4.51. The zero-order valence-electron chi connectivity index (χ0n) is 8.03. The van der Waals surface area contributed by atoms with Gasteiger partial charge in [-0.25, -0.2) is 5.01 Å². The molecule has 0 fully saturated rings. The highest BCUT2D eigenvalue weighted by Crippen LogP contribution is 2.27. The minimum absolute atomic E-state index is 0.340. The molecule has 0 atom stereocenters. The maximum atomic E-state index is 12.3. The van der Waals surface area contributed by atoms with Gasteiger partial charge in [0.2, 0.25) is 0 Å². The van der Waals surface area contributed by atoms with Gasteiger partial charge >= 0.3 is 6.18 Å². The van der Waals surface area contributed by atoms with Crippen molar-refractivity contribution >= 4 is 17.3 Å². The Morgan fingerprint density at radius 3 is 2.31 bits per heavy atom. The Labute approximate surface area is 89.2 Å². The number of anilines is 1. The lowest BCUT2D eigenvalue weighted by atomic mass is 10.2. The predicted molar refractivity (Wildman–Crippen MR) is 52.0 cm³/mol. The fraction of sp³-hybridized carbons (Fsp3) is 0.200. The van der Waals surface area contributed by atoms with E-state index in [1.165, 1.54) is 12.1 Å². The Morgan fingerprint density at radius 1 is 1.19 bits per heavy atom. The molecule has 3 nitrogen and oxygen atoms in total. The number of hydrazone groups is 1. The number of para-hydroxylation sites is 1. The lowest BCUT2D eigenvalue weighted by molar-refractivity contribution is -0.117. The van der Waals surface area contributed by atoms with Crippen LogP contribution in [0.2, 0.25) is 0 Å². The van der Waals surface area contributed by atoms with E-state index in [1.807, 2.05) is 0 Å². The molecule has 0 saturated carbocycles. The SMILES string of the molecule is O=C1CC(C(F)(F)F)=NN1c1ccccc1. The maximum Gasteiger partial charge on any atom is 0.431 e. The molecule has 0 aliphatic carbocycles. The Kier molecular flexibility index (Phi) is 2.41. The smallest absolute Gasteiger partial charge is 0.272 e. The highest BCUT2D eigenvalue weighted by molar-refractivity contribution is 6.14. The van der Waals surface area contributed by atoms with E-state index in [2.05, 4.69) is 5.10 Å². The first-order chi connectivity index (χ1) is 7.48. The van der Waals surface area contributed by atoms with Gasteiger partial charge in [-0.3, -0.25) is 4.79 Å². The van der Waals surface area contributed by atoms with Crippen LogP contribution in [0.25, 0.3) is 0 Å². The normalized spacial score (nSPS) is 16.6. The van der Waals surface area contributed by atoms with Crippen molar-refractivity contribution in [3.05, 3.63) is 30.3 Å². The van der Waals surface area contributed by atoms with Crippen molar-refractivity contribution in [3.63, 3.8) is 0 Å². The van der Waals surface area contributed by atoms with Gasteiger partial charge in [0.1, 0.15) is 0 Å². The average Bonchev–Trinajstić information content (AvgIpc) is 2.61. The molecule has 16 heavy (non-hydrogen) atoms. The Balaban J connectivity index is 2.31. The molecular weight excluding hydrogens is 221 g/mol. The number of benzene rings is 1. The van der Waals surface area contributed by atoms with Gasteiger partial charge in [0.25, 0.3) is 5.91 Å². The van der Waals surface area contributed by atoms with Crippen LogP contribution < -0.4 is 5.01 Å². The molecular formula is C10H7F3N2O. The highest BCUT2D eigenvalue weighted by Gasteiger charge is 2.42. The van der Waals surface area contributed by atoms with Gasteiger partial charge in [0, 0.05) is 0 Å². The lowest BCUT2D eigenvalue weighted by Crippen LogP contribution is -2.22. The number of hydrogen-bond acceptors (Lipinski definition) is 2. The van der Waals surface area contributed by atoms with E-state index < -0.39 is 24.2 Å². The molecule has 1 amide bonds. The Morgan fingerprint density at radius 2 is 1.81 bits per heavy atom. The van der Waals surface area contributed by atoms with E-state index in [-0.39, 0.29) is 0 Å². The van der Waals surface area contributed by atoms with Crippen LogP contribution in [-0.2, 0) is 4.79 Å². The summed E-state index contributed by atoms with van der Waals surface area (Å²) >= 11 is 0. The number of halogens is 3. The second-order valence-corrected chi connectivity index (χ2v) is 3.26. The number of rotatable bonds is 1. The molecule has 1 aromatic rings. The summed E-state index contributed by atoms with van der Waals surface area (Å²) in [5.74, 6) is -0.668. The summed E-state index contributed by atoms with van der Waals surface area (Å²) in [4.78, 5) is 11.3. The van der Waals surface area contributed by atoms with E-state index in [0.29, 0.717) is 5.69 Å². The third kappa shape index (κ3) is 1.91. The number of nitrogens with zero attached hydrogens (tertiary/aromatic N) is 2. The zero-order chi connectivity index (χ0) is 11.8. The van der Waals surface area contributed by atoms with Crippen molar-refractivity contribution < 1.29 is 18.0 Å². The van der Waals surface area contributed by atoms with Crippen molar-refractivity contribution in [1.29, 1.82) is 0 Å². The van der Waals surface area contributed by atoms with Crippen molar-refractivity contribution in [2.45, 2.75) is 12.6 Å². The number of alkyl halides is 3. The largest absolute Gasteiger partial charge is 0.431 e. The average molecular weight is 228 g/mol. The molecule has 1 aliphatic rings. The summed E-state index contributed by atoms with van der Waals surface area (Å²) in [7, 11) is 0. The van der Waals surface area contributed by atoms with E-state index in [1.54, 1.807) is 18.2 Å². The van der Waals surface area contributed by atoms with Crippen LogP contribution in [0.5, 0.6) is 0 Å². The van der Waals surface area contributed by atoms with Gasteiger partial charge in [0.15, 0.2) is 5.71 Å². The second-order valence-electron chi connectivity index (χ2n) is 3.26. The zero-order valence-corrected chi connectivity index (χ0v) is 8.03. The monoisotopic (exact) mass is 228 g/mol. The topological polar surface area (TPSA) is 32.7 Å². The summed E-state index contributed by atoms with van der Waals surface area (Å²) < 4.78 is 36.9. The summed E-state index contributed by atoms with van der Waals surface area (Å²) in [6, 6.07) is 8.02. The summed E-state index contributed by atoms with van der Waals surface area (Å²) in [6.07, 6.45) is -5.24. The van der Waals surface area contributed by atoms with Gasteiger partial charge in [-0.15, -0.1) is 0 Å². The van der Waals surface area contributed by atoms with Crippen molar-refractivity contribution in [3.8, 4) is 0 Å². The third-order valence-corrected chi connectivity index (χ3v) is 2.10. The van der Waals surface area contributed by atoms with Gasteiger partial charge < -0.3 is 0 Å². The van der Waals surface area contributed by atoms with Crippen LogP contribution in [0, 0.1) is 0 Å². The molecule has 84 valence electrons. The molecule has 0 radical (unpaired) electrons. The van der Waals surface area contributed by atoms with E-state index in [4.69, 9.17) is 0 Å². The molecule has 1 aliphatic heterocycles. The summed E-state index contributed by atoms with van der Waals surface area (Å²) in [5, 5.41) is 4.07. The molecule has 1 heterocycles. The summed E-state index contributed by atoms with van der Waals surface area (Å²) in [6.45, 7) is 0. The number of amides is 1. The van der Waals surface area contributed by atoms with E-state index in [9.17, 15) is 18.0 Å². The fourth-order valence-corrected chi connectivity index (χ4v) is 1.36. The van der Waals surface area contributed by atoms with Gasteiger partial charge in [-0.2, -0.15) is 18.3 Å². The van der Waals surface area contributed by atoms with Crippen molar-refractivity contribution in [2.75, 3.05) is 5.01 Å². The summed E-state index contributed by atoms with van der Waals surface area (Å²) in [5.41, 5.74) is -0.715. The van der Waals surface area contributed by atoms with Gasteiger partial charge in [-0.05, 0) is 12.1 Å². The van der Waals surface area contributed by atoms with E-state index in [0.717, 1.165) is 5.01 Å². The number of hydrogen-bond donors (Lipinski definition) is 0. The molecule has 0 saturated heterocycles. The first kappa shape index (κ1) is 10.7. The first-order valence-corrected chi connectivity index (χ1v) is 4.51. The highest BCUT2D eigenvalue weighted by atomic mass is 19.4. The van der Waals surface area contributed by atoms with Crippen molar-refractivity contribution in [1.82, 2.24) is 0 Å². The van der Waals surface area contributed by atoms with Gasteiger partial charge in [-0.1, -0.05) is 18.2 Å². The van der Waals surface area contributed by atoms with Crippen LogP contribution in [0.1, 0.15) is 6.42 Å². The van der Waals surface area contributed by atoms with Crippen LogP contribution in [0.15, 0.2) is 35.4 Å². The predicted octanol–water partition coefficient (Wildman–Crippen LogP) is 2.34. The molecule has 0 spiro atoms. The molecule has 0 N–H and O–H groups in total. The lowest BCUT2D eigenvalue weighted by Gasteiger charge is -2.10. The molecule has 1 aromatic carbocycles. The van der Waals surface area contributed by atoms with Crippen LogP contribution in [-0.4, -0.2) is 17.8 Å². The molecule has 2 rings (SSSR count). The molecule has 0 bridgehead atoms. The molecule has 0 unspecified atom stereocenters. The fourth-order valence-electron chi connectivity index (χ4n) is 1.36. The van der Waals surface area contributed by atoms with Crippen LogP contribution >= 0.6 is 0 Å². The third-order valence-electron chi connectivity index (χ3n) is 2.10. The minimum Gasteiger partial charge on any atom is -0.272 e. The quantitative estimate of drug-likeness (QED) is 0.726.